The second-order valence-corrected chi connectivity index (χ2v) is 3.63. The van der Waals surface area contributed by atoms with E-state index in [1.165, 1.54) is 19.5 Å². The van der Waals surface area contributed by atoms with Crippen LogP contribution in [0, 0.1) is 5.41 Å². The summed E-state index contributed by atoms with van der Waals surface area (Å²) in [6.07, 6.45) is 2.35. The third-order valence-corrected chi connectivity index (χ3v) is 2.14. The van der Waals surface area contributed by atoms with E-state index < -0.39 is 6.10 Å². The summed E-state index contributed by atoms with van der Waals surface area (Å²) >= 11 is 0. The maximum atomic E-state index is 9.61. The van der Waals surface area contributed by atoms with Gasteiger partial charge in [0, 0.05) is 33.1 Å². The molecule has 0 aliphatic carbocycles. The van der Waals surface area contributed by atoms with E-state index in [-0.39, 0.29) is 12.4 Å². The number of nitrogens with zero attached hydrogens (tertiary/aromatic N) is 3. The van der Waals surface area contributed by atoms with Crippen LogP contribution >= 0.6 is 0 Å². The van der Waals surface area contributed by atoms with Crippen molar-refractivity contribution in [3.05, 3.63) is 18.1 Å². The van der Waals surface area contributed by atoms with E-state index in [1.54, 1.807) is 11.9 Å². The number of aliphatic hydroxyl groups is 1. The van der Waals surface area contributed by atoms with Gasteiger partial charge in [0.1, 0.15) is 11.5 Å². The van der Waals surface area contributed by atoms with Crippen molar-refractivity contribution in [1.82, 2.24) is 9.97 Å². The molecule has 0 saturated carbocycles. The van der Waals surface area contributed by atoms with Gasteiger partial charge in [-0.1, -0.05) is 0 Å². The number of likely N-dealkylation sites (N-methyl/N-ethyl adjacent to an activating group) is 1. The number of ether oxygens (including phenoxy) is 1. The van der Waals surface area contributed by atoms with Gasteiger partial charge in [-0.3, -0.25) is 5.41 Å². The molecule has 1 unspecified atom stereocenters. The topological polar surface area (TPSA) is 108 Å². The molecule has 0 aliphatic rings. The second kappa shape index (κ2) is 6.12. The van der Waals surface area contributed by atoms with E-state index in [0.29, 0.717) is 18.1 Å². The highest BCUT2D eigenvalue weighted by atomic mass is 16.5. The van der Waals surface area contributed by atoms with E-state index >= 15 is 0 Å². The summed E-state index contributed by atoms with van der Waals surface area (Å²) in [5.74, 6) is 0.316. The lowest BCUT2D eigenvalue weighted by molar-refractivity contribution is 0.0694. The van der Waals surface area contributed by atoms with Crippen molar-refractivity contribution in [2.24, 2.45) is 5.73 Å². The first-order chi connectivity index (χ1) is 8.06. The maximum absolute atomic E-state index is 9.61. The predicted molar refractivity (Wildman–Crippen MR) is 64.2 cm³/mol. The molecule has 0 bridgehead atoms. The van der Waals surface area contributed by atoms with Crippen LogP contribution < -0.4 is 10.6 Å². The zero-order valence-corrected chi connectivity index (χ0v) is 9.92. The zero-order chi connectivity index (χ0) is 12.8. The molecule has 1 rings (SSSR count). The lowest BCUT2D eigenvalue weighted by atomic mass is 10.3. The van der Waals surface area contributed by atoms with Gasteiger partial charge in [-0.05, 0) is 0 Å². The van der Waals surface area contributed by atoms with Crippen LogP contribution in [0.5, 0.6) is 0 Å². The number of hydrogen-bond donors (Lipinski definition) is 3. The summed E-state index contributed by atoms with van der Waals surface area (Å²) in [5, 5.41) is 17.0. The Morgan fingerprint density at radius 1 is 1.59 bits per heavy atom. The Bertz CT molecular complexity index is 385. The van der Waals surface area contributed by atoms with Gasteiger partial charge in [-0.15, -0.1) is 0 Å². The van der Waals surface area contributed by atoms with Crippen LogP contribution in [0.15, 0.2) is 12.4 Å². The van der Waals surface area contributed by atoms with E-state index in [1.807, 2.05) is 0 Å². The first-order valence-corrected chi connectivity index (χ1v) is 5.09. The number of nitrogens with two attached hydrogens (primary N) is 1. The van der Waals surface area contributed by atoms with Crippen molar-refractivity contribution in [2.75, 3.05) is 32.2 Å². The standard InChI is InChI=1S/C10H17N5O2/c1-15(5-7(16)6-17-2)10-8(9(11)12)13-3-4-14-10/h3-4,7,16H,5-6H2,1-2H3,(H3,11,12). The number of hydrogen-bond acceptors (Lipinski definition) is 6. The SMILES string of the molecule is COCC(O)CN(C)c1nccnc1C(=N)N. The molecule has 0 radical (unpaired) electrons. The Kier molecular flexibility index (Phi) is 4.80. The van der Waals surface area contributed by atoms with Crippen LogP contribution in [0.1, 0.15) is 5.69 Å². The minimum absolute atomic E-state index is 0.152. The van der Waals surface area contributed by atoms with Gasteiger partial charge < -0.3 is 20.5 Å². The molecule has 1 aromatic rings. The number of anilines is 1. The summed E-state index contributed by atoms with van der Waals surface area (Å²) in [7, 11) is 3.27. The zero-order valence-electron chi connectivity index (χ0n) is 9.92. The molecule has 0 fully saturated rings. The lowest BCUT2D eigenvalue weighted by Gasteiger charge is -2.22. The Labute approximate surface area is 99.8 Å². The van der Waals surface area contributed by atoms with E-state index in [2.05, 4.69) is 9.97 Å². The lowest BCUT2D eigenvalue weighted by Crippen LogP contribution is -2.34. The first-order valence-electron chi connectivity index (χ1n) is 5.09. The number of methoxy groups -OCH3 is 1. The maximum Gasteiger partial charge on any atom is 0.158 e. The number of aromatic nitrogens is 2. The summed E-state index contributed by atoms with van der Waals surface area (Å²) in [5.41, 5.74) is 5.71. The quantitative estimate of drug-likeness (QED) is 0.443. The molecule has 0 aliphatic heterocycles. The van der Waals surface area contributed by atoms with E-state index in [4.69, 9.17) is 15.9 Å². The van der Waals surface area contributed by atoms with Gasteiger partial charge in [0.15, 0.2) is 5.82 Å². The number of aliphatic hydroxyl groups excluding tert-OH is 1. The van der Waals surface area contributed by atoms with Crippen LogP contribution in [-0.4, -0.2) is 54.3 Å². The Hall–Kier alpha value is -1.73. The summed E-state index contributed by atoms with van der Waals surface area (Å²) in [6.45, 7) is 0.562. The Morgan fingerprint density at radius 3 is 2.82 bits per heavy atom. The van der Waals surface area contributed by atoms with E-state index in [0.717, 1.165) is 0 Å². The molecular weight excluding hydrogens is 222 g/mol. The molecule has 1 heterocycles. The van der Waals surface area contributed by atoms with Gasteiger partial charge in [0.25, 0.3) is 0 Å². The average Bonchev–Trinajstić information content (AvgIpc) is 2.29. The number of nitrogens with one attached hydrogen (secondary N) is 1. The Balaban J connectivity index is 2.81. The Morgan fingerprint density at radius 2 is 2.24 bits per heavy atom. The van der Waals surface area contributed by atoms with Gasteiger partial charge in [-0.25, -0.2) is 9.97 Å². The molecule has 7 nitrogen and oxygen atoms in total. The first kappa shape index (κ1) is 13.3. The molecular formula is C10H17N5O2. The number of amidine groups is 1. The molecule has 17 heavy (non-hydrogen) atoms. The van der Waals surface area contributed by atoms with E-state index in [9.17, 15) is 5.11 Å². The smallest absolute Gasteiger partial charge is 0.158 e. The fourth-order valence-electron chi connectivity index (χ4n) is 1.45. The van der Waals surface area contributed by atoms with Crippen molar-refractivity contribution in [2.45, 2.75) is 6.10 Å². The molecule has 1 aromatic heterocycles. The third kappa shape index (κ3) is 3.65. The fourth-order valence-corrected chi connectivity index (χ4v) is 1.45. The molecule has 1 atom stereocenters. The summed E-state index contributed by atoms with van der Waals surface area (Å²) < 4.78 is 4.84. The molecule has 0 saturated heterocycles. The van der Waals surface area contributed by atoms with Crippen LogP contribution in [0.4, 0.5) is 5.82 Å². The minimum atomic E-state index is -0.633. The highest BCUT2D eigenvalue weighted by molar-refractivity contribution is 5.97. The number of rotatable bonds is 6. The third-order valence-electron chi connectivity index (χ3n) is 2.14. The van der Waals surface area contributed by atoms with Crippen molar-refractivity contribution < 1.29 is 9.84 Å². The average molecular weight is 239 g/mol. The van der Waals surface area contributed by atoms with Crippen molar-refractivity contribution in [3.63, 3.8) is 0 Å². The molecule has 4 N–H and O–H groups in total. The molecule has 0 aromatic carbocycles. The molecule has 0 amide bonds. The van der Waals surface area contributed by atoms with Crippen molar-refractivity contribution >= 4 is 11.7 Å². The molecule has 7 heteroatoms. The normalized spacial score (nSPS) is 12.2. The van der Waals surface area contributed by atoms with Gasteiger partial charge in [0.2, 0.25) is 0 Å². The van der Waals surface area contributed by atoms with Crippen LogP contribution in [0.2, 0.25) is 0 Å². The van der Waals surface area contributed by atoms with Crippen LogP contribution in [-0.2, 0) is 4.74 Å². The van der Waals surface area contributed by atoms with Gasteiger partial charge in [-0.2, -0.15) is 0 Å². The summed E-state index contributed by atoms with van der Waals surface area (Å²) in [6, 6.07) is 0. The minimum Gasteiger partial charge on any atom is -0.389 e. The predicted octanol–water partition coefficient (Wildman–Crippen LogP) is -0.796. The van der Waals surface area contributed by atoms with Gasteiger partial charge in [0.05, 0.1) is 12.7 Å². The van der Waals surface area contributed by atoms with Crippen molar-refractivity contribution in [1.29, 1.82) is 5.41 Å². The van der Waals surface area contributed by atoms with Crippen molar-refractivity contribution in [3.8, 4) is 0 Å². The molecule has 0 spiro atoms. The fraction of sp³-hybridized carbons (Fsp3) is 0.500. The van der Waals surface area contributed by atoms with Gasteiger partial charge >= 0.3 is 0 Å². The highest BCUT2D eigenvalue weighted by Crippen LogP contribution is 2.12. The summed E-state index contributed by atoms with van der Waals surface area (Å²) in [4.78, 5) is 9.78. The largest absolute Gasteiger partial charge is 0.389 e. The van der Waals surface area contributed by atoms with Crippen LogP contribution in [0.3, 0.4) is 0 Å². The second-order valence-electron chi connectivity index (χ2n) is 3.63. The number of nitrogen functional groups attached to an aromatic ring is 1. The highest BCUT2D eigenvalue weighted by Gasteiger charge is 2.15. The van der Waals surface area contributed by atoms with Crippen LogP contribution in [0.25, 0.3) is 0 Å². The molecule has 94 valence electrons. The monoisotopic (exact) mass is 239 g/mol.